The summed E-state index contributed by atoms with van der Waals surface area (Å²) in [6.07, 6.45) is 4.43. The topological polar surface area (TPSA) is 44.4 Å². The Kier molecular flexibility index (Phi) is 5.09. The van der Waals surface area contributed by atoms with Crippen LogP contribution in [0.5, 0.6) is 0 Å². The normalized spacial score (nSPS) is 18.7. The van der Waals surface area contributed by atoms with E-state index >= 15 is 0 Å². The smallest absolute Gasteiger partial charge is 0.253 e. The number of rotatable bonds is 4. The van der Waals surface area contributed by atoms with Gasteiger partial charge in [-0.25, -0.2) is 0 Å². The molecule has 2 aliphatic rings. The molecule has 2 aromatic carbocycles. The molecule has 2 aromatic rings. The molecule has 1 fully saturated rings. The van der Waals surface area contributed by atoms with Gasteiger partial charge in [0.25, 0.3) is 5.91 Å². The van der Waals surface area contributed by atoms with Gasteiger partial charge in [-0.1, -0.05) is 34.1 Å². The lowest BCUT2D eigenvalue weighted by Gasteiger charge is -2.20. The van der Waals surface area contributed by atoms with Crippen molar-refractivity contribution in [2.24, 2.45) is 0 Å². The van der Waals surface area contributed by atoms with E-state index in [-0.39, 0.29) is 5.91 Å². The molecular weight excluding hydrogens is 390 g/mol. The quantitative estimate of drug-likeness (QED) is 0.743. The molecule has 0 bridgehead atoms. The van der Waals surface area contributed by atoms with E-state index in [1.165, 1.54) is 31.5 Å². The molecule has 0 atom stereocenters. The Morgan fingerprint density at radius 2 is 1.88 bits per heavy atom. The minimum absolute atomic E-state index is 0.0435. The molecule has 0 unspecified atom stereocenters. The Balaban J connectivity index is 1.48. The average Bonchev–Trinajstić information content (AvgIpc) is 3.15. The standard InChI is InChI=1S/C21H22BrN3O/c22-17-5-8-19-16(11-17)12-24-21(26)20(19)13-23-18-6-3-15(4-7-18)14-25-9-1-2-10-25/h3-8,11,13,23H,1-2,9-10,12,14H2,(H,24,26)/b20-13+. The van der Waals surface area contributed by atoms with Gasteiger partial charge in [0.15, 0.2) is 0 Å². The largest absolute Gasteiger partial charge is 0.361 e. The minimum atomic E-state index is -0.0435. The van der Waals surface area contributed by atoms with Crippen molar-refractivity contribution in [3.8, 4) is 0 Å². The van der Waals surface area contributed by atoms with Gasteiger partial charge >= 0.3 is 0 Å². The first kappa shape index (κ1) is 17.3. The number of hydrogen-bond donors (Lipinski definition) is 2. The first-order valence-electron chi connectivity index (χ1n) is 9.04. The van der Waals surface area contributed by atoms with Crippen LogP contribution < -0.4 is 10.6 Å². The van der Waals surface area contributed by atoms with Crippen LogP contribution >= 0.6 is 15.9 Å². The molecule has 2 heterocycles. The van der Waals surface area contributed by atoms with Crippen molar-refractivity contribution in [1.29, 1.82) is 0 Å². The van der Waals surface area contributed by atoms with Gasteiger partial charge in [0, 0.05) is 29.4 Å². The highest BCUT2D eigenvalue weighted by molar-refractivity contribution is 9.10. The number of carbonyl (C=O) groups is 1. The fraction of sp³-hybridized carbons (Fsp3) is 0.286. The SMILES string of the molecule is O=C1NCc2cc(Br)ccc2/C1=C\Nc1ccc(CN2CCCC2)cc1. The Hall–Kier alpha value is -2.11. The van der Waals surface area contributed by atoms with Crippen LogP contribution in [0.1, 0.15) is 29.5 Å². The second-order valence-corrected chi connectivity index (χ2v) is 7.78. The molecule has 2 N–H and O–H groups in total. The zero-order valence-corrected chi connectivity index (χ0v) is 16.2. The zero-order valence-electron chi connectivity index (χ0n) is 14.6. The third-order valence-electron chi connectivity index (χ3n) is 4.98. The van der Waals surface area contributed by atoms with Gasteiger partial charge in [0.05, 0.1) is 5.57 Å². The minimum Gasteiger partial charge on any atom is -0.361 e. The average molecular weight is 412 g/mol. The van der Waals surface area contributed by atoms with E-state index in [2.05, 4.69) is 61.8 Å². The van der Waals surface area contributed by atoms with Crippen LogP contribution in [0, 0.1) is 0 Å². The molecule has 1 amide bonds. The van der Waals surface area contributed by atoms with Gasteiger partial charge in [-0.15, -0.1) is 0 Å². The third-order valence-corrected chi connectivity index (χ3v) is 5.48. The van der Waals surface area contributed by atoms with E-state index in [1.54, 1.807) is 6.20 Å². The van der Waals surface area contributed by atoms with Crippen molar-refractivity contribution in [1.82, 2.24) is 10.2 Å². The highest BCUT2D eigenvalue weighted by atomic mass is 79.9. The molecule has 4 rings (SSSR count). The molecule has 26 heavy (non-hydrogen) atoms. The molecule has 5 heteroatoms. The van der Waals surface area contributed by atoms with Crippen LogP contribution in [0.2, 0.25) is 0 Å². The number of hydrogen-bond acceptors (Lipinski definition) is 3. The van der Waals surface area contributed by atoms with Crippen molar-refractivity contribution < 1.29 is 4.79 Å². The van der Waals surface area contributed by atoms with Crippen LogP contribution in [0.25, 0.3) is 5.57 Å². The Morgan fingerprint density at radius 3 is 2.65 bits per heavy atom. The highest BCUT2D eigenvalue weighted by Crippen LogP contribution is 2.27. The summed E-state index contributed by atoms with van der Waals surface area (Å²) in [4.78, 5) is 14.8. The first-order valence-corrected chi connectivity index (χ1v) is 9.83. The van der Waals surface area contributed by atoms with E-state index in [0.717, 1.165) is 27.8 Å². The van der Waals surface area contributed by atoms with Crippen LogP contribution in [-0.4, -0.2) is 23.9 Å². The van der Waals surface area contributed by atoms with Crippen LogP contribution in [0.3, 0.4) is 0 Å². The van der Waals surface area contributed by atoms with Crippen LogP contribution in [0.15, 0.2) is 53.1 Å². The van der Waals surface area contributed by atoms with Crippen molar-refractivity contribution in [3.05, 3.63) is 69.8 Å². The van der Waals surface area contributed by atoms with Crippen molar-refractivity contribution in [2.45, 2.75) is 25.9 Å². The number of likely N-dealkylation sites (tertiary alicyclic amines) is 1. The number of anilines is 1. The monoisotopic (exact) mass is 411 g/mol. The maximum Gasteiger partial charge on any atom is 0.253 e. The summed E-state index contributed by atoms with van der Waals surface area (Å²) >= 11 is 3.49. The molecule has 0 saturated carbocycles. The molecule has 134 valence electrons. The molecule has 0 aromatic heterocycles. The van der Waals surface area contributed by atoms with Crippen molar-refractivity contribution >= 4 is 33.1 Å². The van der Waals surface area contributed by atoms with Gasteiger partial charge < -0.3 is 10.6 Å². The fourth-order valence-electron chi connectivity index (χ4n) is 3.57. The summed E-state index contributed by atoms with van der Waals surface area (Å²) in [6, 6.07) is 14.5. The van der Waals surface area contributed by atoms with E-state index in [9.17, 15) is 4.79 Å². The molecule has 0 radical (unpaired) electrons. The van der Waals surface area contributed by atoms with Gasteiger partial charge in [0.1, 0.15) is 0 Å². The Labute approximate surface area is 162 Å². The number of benzene rings is 2. The van der Waals surface area contributed by atoms with E-state index < -0.39 is 0 Å². The third kappa shape index (κ3) is 3.84. The maximum absolute atomic E-state index is 12.3. The number of amides is 1. The molecular formula is C21H22BrN3O. The number of carbonyl (C=O) groups excluding carboxylic acids is 1. The Bertz CT molecular complexity index is 839. The second-order valence-electron chi connectivity index (χ2n) is 6.87. The number of nitrogens with zero attached hydrogens (tertiary/aromatic N) is 1. The molecule has 0 aliphatic carbocycles. The summed E-state index contributed by atoms with van der Waals surface area (Å²) in [7, 11) is 0. The zero-order chi connectivity index (χ0) is 17.9. The predicted octanol–water partition coefficient (Wildman–Crippen LogP) is 4.13. The fourth-order valence-corrected chi connectivity index (χ4v) is 3.98. The molecule has 4 nitrogen and oxygen atoms in total. The predicted molar refractivity (Wildman–Crippen MR) is 109 cm³/mol. The van der Waals surface area contributed by atoms with Gasteiger partial charge in [-0.05, 0) is 66.9 Å². The van der Waals surface area contributed by atoms with E-state index in [0.29, 0.717) is 12.1 Å². The summed E-state index contributed by atoms with van der Waals surface area (Å²) in [5.74, 6) is -0.0435. The van der Waals surface area contributed by atoms with Crippen molar-refractivity contribution in [2.75, 3.05) is 18.4 Å². The number of halogens is 1. The van der Waals surface area contributed by atoms with Gasteiger partial charge in [0.2, 0.25) is 0 Å². The maximum atomic E-state index is 12.3. The summed E-state index contributed by atoms with van der Waals surface area (Å²) in [5, 5.41) is 6.20. The van der Waals surface area contributed by atoms with Crippen LogP contribution in [-0.2, 0) is 17.9 Å². The highest BCUT2D eigenvalue weighted by Gasteiger charge is 2.21. The summed E-state index contributed by atoms with van der Waals surface area (Å²) in [5.41, 5.74) is 5.08. The van der Waals surface area contributed by atoms with Gasteiger partial charge in [-0.3, -0.25) is 9.69 Å². The van der Waals surface area contributed by atoms with Crippen molar-refractivity contribution in [3.63, 3.8) is 0 Å². The lowest BCUT2D eigenvalue weighted by Crippen LogP contribution is -2.29. The first-order chi connectivity index (χ1) is 12.7. The summed E-state index contributed by atoms with van der Waals surface area (Å²) < 4.78 is 1.02. The van der Waals surface area contributed by atoms with Crippen LogP contribution in [0.4, 0.5) is 5.69 Å². The second kappa shape index (κ2) is 7.64. The lowest BCUT2D eigenvalue weighted by molar-refractivity contribution is -0.116. The number of nitrogens with one attached hydrogen (secondary N) is 2. The number of fused-ring (bicyclic) bond motifs is 1. The Morgan fingerprint density at radius 1 is 1.12 bits per heavy atom. The molecule has 2 aliphatic heterocycles. The molecule has 0 spiro atoms. The summed E-state index contributed by atoms with van der Waals surface area (Å²) in [6.45, 7) is 4.00. The molecule has 1 saturated heterocycles. The van der Waals surface area contributed by atoms with Gasteiger partial charge in [-0.2, -0.15) is 0 Å². The van der Waals surface area contributed by atoms with E-state index in [4.69, 9.17) is 0 Å². The lowest BCUT2D eigenvalue weighted by atomic mass is 9.96. The van der Waals surface area contributed by atoms with E-state index in [1.807, 2.05) is 12.1 Å².